The van der Waals surface area contributed by atoms with Crippen LogP contribution in [0.3, 0.4) is 0 Å². The summed E-state index contributed by atoms with van der Waals surface area (Å²) in [4.78, 5) is 0. The van der Waals surface area contributed by atoms with E-state index in [-0.39, 0.29) is 18.1 Å². The van der Waals surface area contributed by atoms with E-state index >= 15 is 0 Å². The molecule has 1 saturated carbocycles. The third-order valence-electron chi connectivity index (χ3n) is 4.42. The smallest absolute Gasteiger partial charge is 0.166 e. The molecule has 5 nitrogen and oxygen atoms in total. The average molecular weight is 327 g/mol. The quantitative estimate of drug-likeness (QED) is 0.427. The van der Waals surface area contributed by atoms with Gasteiger partial charge in [-0.25, -0.2) is 0 Å². The highest BCUT2D eigenvalue weighted by atomic mass is 16.5. The molecule has 0 radical (unpaired) electrons. The molecule has 1 aliphatic rings. The molecule has 3 unspecified atom stereocenters. The van der Waals surface area contributed by atoms with Crippen molar-refractivity contribution in [2.45, 2.75) is 51.7 Å². The van der Waals surface area contributed by atoms with Crippen molar-refractivity contribution >= 4 is 0 Å². The predicted molar refractivity (Wildman–Crippen MR) is 91.8 cm³/mol. The Bertz CT molecular complexity index is 417. The molecule has 1 fully saturated rings. The Morgan fingerprint density at radius 3 is 2.39 bits per heavy atom. The van der Waals surface area contributed by atoms with Crippen LogP contribution in [0.15, 0.2) is 23.2 Å². The Labute approximate surface area is 140 Å². The van der Waals surface area contributed by atoms with Gasteiger partial charge in [0.25, 0.3) is 0 Å². The summed E-state index contributed by atoms with van der Waals surface area (Å²) in [6, 6.07) is 0. The number of hydrogen-bond acceptors (Lipinski definition) is 5. The number of methoxy groups -OCH3 is 3. The summed E-state index contributed by atoms with van der Waals surface area (Å²) in [5, 5.41) is 10.2. The zero-order chi connectivity index (χ0) is 17.4. The first-order valence-electron chi connectivity index (χ1n) is 8.39. The second-order valence-corrected chi connectivity index (χ2v) is 6.51. The van der Waals surface area contributed by atoms with Gasteiger partial charge < -0.3 is 25.1 Å². The summed E-state index contributed by atoms with van der Waals surface area (Å²) in [6.45, 7) is 4.74. The molecule has 0 aromatic carbocycles. The SMILES string of the molecule is COC(=C(OC)C(C=C1CCC(CN)CC(O)C1)OC)C(C)C. The largest absolute Gasteiger partial charge is 0.497 e. The number of ether oxygens (including phenoxy) is 3. The van der Waals surface area contributed by atoms with E-state index in [0.717, 1.165) is 25.0 Å². The Morgan fingerprint density at radius 1 is 1.26 bits per heavy atom. The summed E-state index contributed by atoms with van der Waals surface area (Å²) in [7, 11) is 4.94. The highest BCUT2D eigenvalue weighted by Gasteiger charge is 2.24. The Kier molecular flexibility index (Phi) is 8.66. The minimum atomic E-state index is -0.336. The lowest BCUT2D eigenvalue weighted by molar-refractivity contribution is 0.0885. The normalized spacial score (nSPS) is 26.7. The molecular formula is C18H33NO4. The molecule has 0 saturated heterocycles. The molecular weight excluding hydrogens is 294 g/mol. The molecule has 0 amide bonds. The first kappa shape index (κ1) is 20.0. The van der Waals surface area contributed by atoms with Gasteiger partial charge in [-0.2, -0.15) is 0 Å². The van der Waals surface area contributed by atoms with E-state index in [1.807, 2.05) is 0 Å². The first-order valence-corrected chi connectivity index (χ1v) is 8.39. The monoisotopic (exact) mass is 327 g/mol. The number of nitrogens with two attached hydrogens (primary N) is 1. The van der Waals surface area contributed by atoms with Crippen molar-refractivity contribution in [3.8, 4) is 0 Å². The molecule has 3 atom stereocenters. The molecule has 0 bridgehead atoms. The second kappa shape index (κ2) is 9.96. The van der Waals surface area contributed by atoms with Gasteiger partial charge in [-0.05, 0) is 44.2 Å². The number of allylic oxidation sites excluding steroid dienone is 1. The highest BCUT2D eigenvalue weighted by molar-refractivity contribution is 5.20. The molecule has 5 heteroatoms. The summed E-state index contributed by atoms with van der Waals surface area (Å²) in [6.07, 6.45) is 4.78. The van der Waals surface area contributed by atoms with Gasteiger partial charge in [0.05, 0.1) is 20.3 Å². The maximum Gasteiger partial charge on any atom is 0.166 e. The molecule has 0 spiro atoms. The Balaban J connectivity index is 3.04. The molecule has 0 aliphatic heterocycles. The van der Waals surface area contributed by atoms with Crippen molar-refractivity contribution in [3.05, 3.63) is 23.2 Å². The molecule has 0 heterocycles. The number of aliphatic hydroxyl groups excluding tert-OH is 1. The molecule has 0 aromatic rings. The van der Waals surface area contributed by atoms with Crippen LogP contribution in [-0.4, -0.2) is 45.2 Å². The lowest BCUT2D eigenvalue weighted by Crippen LogP contribution is -2.19. The van der Waals surface area contributed by atoms with Crippen LogP contribution in [-0.2, 0) is 14.2 Å². The van der Waals surface area contributed by atoms with Crippen LogP contribution in [0.25, 0.3) is 0 Å². The van der Waals surface area contributed by atoms with Gasteiger partial charge >= 0.3 is 0 Å². The van der Waals surface area contributed by atoms with Crippen LogP contribution >= 0.6 is 0 Å². The van der Waals surface area contributed by atoms with Crippen molar-refractivity contribution < 1.29 is 19.3 Å². The lowest BCUT2D eigenvalue weighted by atomic mass is 9.99. The van der Waals surface area contributed by atoms with Gasteiger partial charge in [0.2, 0.25) is 0 Å². The minimum absolute atomic E-state index is 0.201. The van der Waals surface area contributed by atoms with Crippen molar-refractivity contribution in [2.24, 2.45) is 17.6 Å². The van der Waals surface area contributed by atoms with Crippen LogP contribution in [0.2, 0.25) is 0 Å². The molecule has 134 valence electrons. The van der Waals surface area contributed by atoms with Crippen LogP contribution < -0.4 is 5.73 Å². The molecule has 3 N–H and O–H groups in total. The van der Waals surface area contributed by atoms with Crippen molar-refractivity contribution in [1.29, 1.82) is 0 Å². The molecule has 23 heavy (non-hydrogen) atoms. The topological polar surface area (TPSA) is 73.9 Å². The fraction of sp³-hybridized carbons (Fsp3) is 0.778. The van der Waals surface area contributed by atoms with Gasteiger partial charge in [0, 0.05) is 13.0 Å². The second-order valence-electron chi connectivity index (χ2n) is 6.51. The standard InChI is InChI=1S/C18H33NO4/c1-12(2)17(22-4)18(23-5)16(21-3)10-13-6-7-14(11-19)9-15(20)8-13/h10,12,14-16,20H,6-9,11,19H2,1-5H3. The zero-order valence-electron chi connectivity index (χ0n) is 15.2. The summed E-state index contributed by atoms with van der Waals surface area (Å²) in [5.41, 5.74) is 6.96. The van der Waals surface area contributed by atoms with Crippen molar-refractivity contribution in [1.82, 2.24) is 0 Å². The third kappa shape index (κ3) is 5.83. The predicted octanol–water partition coefficient (Wildman–Crippen LogP) is 2.60. The van der Waals surface area contributed by atoms with E-state index in [1.54, 1.807) is 21.3 Å². The van der Waals surface area contributed by atoms with Crippen molar-refractivity contribution in [2.75, 3.05) is 27.9 Å². The van der Waals surface area contributed by atoms with E-state index in [1.165, 1.54) is 5.57 Å². The van der Waals surface area contributed by atoms with E-state index in [2.05, 4.69) is 19.9 Å². The Morgan fingerprint density at radius 2 is 1.91 bits per heavy atom. The molecule has 1 aliphatic carbocycles. The summed E-state index contributed by atoms with van der Waals surface area (Å²) >= 11 is 0. The van der Waals surface area contributed by atoms with Gasteiger partial charge in [0.1, 0.15) is 11.9 Å². The lowest BCUT2D eigenvalue weighted by Gasteiger charge is -2.22. The number of hydrogen-bond donors (Lipinski definition) is 2. The zero-order valence-corrected chi connectivity index (χ0v) is 15.2. The third-order valence-corrected chi connectivity index (χ3v) is 4.42. The van der Waals surface area contributed by atoms with E-state index in [0.29, 0.717) is 24.6 Å². The van der Waals surface area contributed by atoms with Crippen LogP contribution in [0.5, 0.6) is 0 Å². The Hall–Kier alpha value is -1.04. The fourth-order valence-electron chi connectivity index (χ4n) is 3.19. The maximum atomic E-state index is 10.2. The van der Waals surface area contributed by atoms with E-state index in [9.17, 15) is 5.11 Å². The fourth-order valence-corrected chi connectivity index (χ4v) is 3.19. The number of rotatable bonds is 7. The van der Waals surface area contributed by atoms with Crippen molar-refractivity contribution in [3.63, 3.8) is 0 Å². The van der Waals surface area contributed by atoms with Crippen LogP contribution in [0.4, 0.5) is 0 Å². The van der Waals surface area contributed by atoms with E-state index < -0.39 is 0 Å². The maximum absolute atomic E-state index is 10.2. The van der Waals surface area contributed by atoms with Gasteiger partial charge in [-0.3, -0.25) is 0 Å². The average Bonchev–Trinajstić information content (AvgIpc) is 2.70. The van der Waals surface area contributed by atoms with Crippen LogP contribution in [0, 0.1) is 11.8 Å². The molecule has 0 aromatic heterocycles. The van der Waals surface area contributed by atoms with Gasteiger partial charge in [-0.1, -0.05) is 19.4 Å². The molecule has 1 rings (SSSR count). The van der Waals surface area contributed by atoms with Crippen LogP contribution in [0.1, 0.15) is 39.5 Å². The van der Waals surface area contributed by atoms with Gasteiger partial charge in [0.15, 0.2) is 5.76 Å². The highest BCUT2D eigenvalue weighted by Crippen LogP contribution is 2.29. The number of aliphatic hydroxyl groups is 1. The first-order chi connectivity index (χ1) is 11.0. The minimum Gasteiger partial charge on any atom is -0.497 e. The van der Waals surface area contributed by atoms with E-state index in [4.69, 9.17) is 19.9 Å². The summed E-state index contributed by atoms with van der Waals surface area (Å²) in [5.74, 6) is 2.06. The summed E-state index contributed by atoms with van der Waals surface area (Å²) < 4.78 is 16.7. The van der Waals surface area contributed by atoms with Gasteiger partial charge in [-0.15, -0.1) is 0 Å².